The minimum absolute atomic E-state index is 0.310. The molecule has 2 aliphatic heterocycles. The average Bonchev–Trinajstić information content (AvgIpc) is 2.97. The number of aromatic nitrogens is 2. The summed E-state index contributed by atoms with van der Waals surface area (Å²) in [6, 6.07) is 8.49. The highest BCUT2D eigenvalue weighted by molar-refractivity contribution is 6.30. The van der Waals surface area contributed by atoms with Crippen LogP contribution in [0, 0.1) is 16.4 Å². The van der Waals surface area contributed by atoms with Gasteiger partial charge in [-0.1, -0.05) is 34.4 Å². The number of rotatable bonds is 8. The van der Waals surface area contributed by atoms with Crippen LogP contribution in [0.5, 0.6) is 0 Å². The van der Waals surface area contributed by atoms with Crippen molar-refractivity contribution < 1.29 is 0 Å². The molecule has 1 aromatic carbocycles. The van der Waals surface area contributed by atoms with Crippen LogP contribution in [0.2, 0.25) is 5.02 Å². The van der Waals surface area contributed by atoms with Gasteiger partial charge in [0.05, 0.1) is 5.69 Å². The van der Waals surface area contributed by atoms with Crippen LogP contribution in [0.3, 0.4) is 0 Å². The Morgan fingerprint density at radius 1 is 1.16 bits per heavy atom. The summed E-state index contributed by atoms with van der Waals surface area (Å²) in [6.45, 7) is 5.06. The number of nitrogens with one attached hydrogen (secondary N) is 2. The molecule has 0 radical (unpaired) electrons. The number of likely N-dealkylation sites (tertiary alicyclic amines) is 1. The Kier molecular flexibility index (Phi) is 8.14. The lowest BCUT2D eigenvalue weighted by Gasteiger charge is -2.42. The van der Waals surface area contributed by atoms with Crippen molar-refractivity contribution in [2.24, 2.45) is 15.6 Å². The molecule has 2 aromatic rings. The van der Waals surface area contributed by atoms with E-state index in [-0.39, 0.29) is 0 Å². The van der Waals surface area contributed by atoms with Crippen LogP contribution in [0.1, 0.15) is 48.9 Å². The molecular formula is C27H33ClN10. The maximum atomic E-state index is 8.90. The highest BCUT2D eigenvalue weighted by Crippen LogP contribution is 2.43. The third-order valence-corrected chi connectivity index (χ3v) is 8.69. The minimum Gasteiger partial charge on any atom is -0.313 e. The Bertz CT molecular complexity index is 1260. The second-order valence-corrected chi connectivity index (χ2v) is 11.1. The number of benzene rings is 1. The summed E-state index contributed by atoms with van der Waals surface area (Å²) in [7, 11) is 0. The van der Waals surface area contributed by atoms with Gasteiger partial charge in [0.1, 0.15) is 6.33 Å². The fourth-order valence-corrected chi connectivity index (χ4v) is 6.33. The summed E-state index contributed by atoms with van der Waals surface area (Å²) < 4.78 is 0. The van der Waals surface area contributed by atoms with Gasteiger partial charge in [0.15, 0.2) is 5.82 Å². The van der Waals surface area contributed by atoms with Crippen LogP contribution in [0.15, 0.2) is 46.4 Å². The number of nitrogens with zero attached hydrogens (tertiary/aromatic N) is 8. The monoisotopic (exact) mass is 532 g/mol. The Morgan fingerprint density at radius 3 is 2.66 bits per heavy atom. The van der Waals surface area contributed by atoms with Crippen LogP contribution in [0.25, 0.3) is 16.0 Å². The van der Waals surface area contributed by atoms with Gasteiger partial charge < -0.3 is 5.41 Å². The molecule has 5 rings (SSSR count). The molecule has 38 heavy (non-hydrogen) atoms. The fourth-order valence-electron chi connectivity index (χ4n) is 6.20. The quantitative estimate of drug-likeness (QED) is 0.180. The Hall–Kier alpha value is -3.17. The van der Waals surface area contributed by atoms with Crippen LogP contribution < -0.4 is 0 Å². The van der Waals surface area contributed by atoms with E-state index < -0.39 is 5.41 Å². The zero-order chi connectivity index (χ0) is 26.5. The molecule has 1 unspecified atom stereocenters. The average molecular weight is 533 g/mol. The summed E-state index contributed by atoms with van der Waals surface area (Å²) in [5.41, 5.74) is 21.7. The van der Waals surface area contributed by atoms with Gasteiger partial charge in [-0.15, -0.1) is 5.11 Å². The maximum Gasteiger partial charge on any atom is 0.180 e. The summed E-state index contributed by atoms with van der Waals surface area (Å²) >= 11 is 6.18. The van der Waals surface area contributed by atoms with Crippen LogP contribution >= 0.6 is 11.6 Å². The number of halogens is 1. The van der Waals surface area contributed by atoms with Gasteiger partial charge in [-0.2, -0.15) is 0 Å². The molecule has 198 valence electrons. The third-order valence-electron chi connectivity index (χ3n) is 8.44. The Morgan fingerprint density at radius 2 is 1.95 bits per heavy atom. The molecule has 2 N–H and O–H groups in total. The first-order chi connectivity index (χ1) is 18.5. The molecule has 3 heterocycles. The lowest BCUT2D eigenvalue weighted by molar-refractivity contribution is 0.100. The SMILES string of the molecule is [N-]=[N+]=NCC1(C=N)CCC(CN2CCC(N3CCc4c(ncnc4N=N)C3)CC2)=C(c2ccc(Cl)cc2)C1. The van der Waals surface area contributed by atoms with E-state index in [1.165, 1.54) is 23.7 Å². The number of hydrogen-bond acceptors (Lipinski definition) is 8. The highest BCUT2D eigenvalue weighted by Gasteiger charge is 2.35. The topological polar surface area (TPSA) is 141 Å². The smallest absolute Gasteiger partial charge is 0.180 e. The molecule has 0 spiro atoms. The van der Waals surface area contributed by atoms with E-state index in [9.17, 15) is 0 Å². The standard InChI is InChI=1S/C27H33ClN10/c28-21-3-1-19(2-4-21)24-13-27(16-29,17-34-36-31)9-5-20(24)14-37-10-6-22(7-11-37)38-12-8-23-25(15-38)32-18-33-26(23)35-30/h1-4,16,18,22,29-30H,5-15,17H2. The maximum absolute atomic E-state index is 8.90. The molecule has 0 bridgehead atoms. The lowest BCUT2D eigenvalue weighted by Crippen LogP contribution is -2.47. The molecule has 1 fully saturated rings. The van der Waals surface area contributed by atoms with E-state index in [0.717, 1.165) is 81.6 Å². The first-order valence-corrected chi connectivity index (χ1v) is 13.6. The third kappa shape index (κ3) is 5.63. The van der Waals surface area contributed by atoms with E-state index in [1.54, 1.807) is 0 Å². The van der Waals surface area contributed by atoms with E-state index in [2.05, 4.69) is 47.0 Å². The lowest BCUT2D eigenvalue weighted by atomic mass is 9.70. The first kappa shape index (κ1) is 26.4. The summed E-state index contributed by atoms with van der Waals surface area (Å²) in [5.74, 6) is 0.508. The molecule has 1 saturated heterocycles. The number of azide groups is 1. The summed E-state index contributed by atoms with van der Waals surface area (Å²) in [4.78, 5) is 16.7. The fraction of sp³-hybridized carbons (Fsp3) is 0.519. The number of fused-ring (bicyclic) bond motifs is 1. The second kappa shape index (κ2) is 11.7. The zero-order valence-electron chi connectivity index (χ0n) is 21.5. The molecule has 0 saturated carbocycles. The van der Waals surface area contributed by atoms with Crippen molar-refractivity contribution in [3.8, 4) is 0 Å². The molecule has 11 heteroatoms. The number of piperidine rings is 1. The molecule has 1 aromatic heterocycles. The Balaban J connectivity index is 1.27. The van der Waals surface area contributed by atoms with Crippen molar-refractivity contribution in [3.05, 3.63) is 68.5 Å². The molecular weight excluding hydrogens is 500 g/mol. The zero-order valence-corrected chi connectivity index (χ0v) is 22.2. The molecule has 0 amide bonds. The van der Waals surface area contributed by atoms with Crippen molar-refractivity contribution in [2.45, 2.75) is 51.1 Å². The van der Waals surface area contributed by atoms with Crippen LogP contribution in [-0.2, 0) is 13.0 Å². The number of allylic oxidation sites excluding steroid dienone is 1. The van der Waals surface area contributed by atoms with Crippen molar-refractivity contribution >= 4 is 29.2 Å². The Labute approximate surface area is 227 Å². The number of hydrogen-bond donors (Lipinski definition) is 2. The van der Waals surface area contributed by atoms with E-state index in [4.69, 9.17) is 28.1 Å². The van der Waals surface area contributed by atoms with E-state index >= 15 is 0 Å². The second-order valence-electron chi connectivity index (χ2n) is 10.6. The molecule has 10 nitrogen and oxygen atoms in total. The van der Waals surface area contributed by atoms with E-state index in [0.29, 0.717) is 29.8 Å². The van der Waals surface area contributed by atoms with Crippen molar-refractivity contribution in [3.63, 3.8) is 0 Å². The van der Waals surface area contributed by atoms with Crippen molar-refractivity contribution in [1.29, 1.82) is 10.9 Å². The first-order valence-electron chi connectivity index (χ1n) is 13.2. The van der Waals surface area contributed by atoms with Gasteiger partial charge in [-0.25, -0.2) is 15.5 Å². The van der Waals surface area contributed by atoms with Gasteiger partial charge >= 0.3 is 0 Å². The molecule has 1 aliphatic carbocycles. The van der Waals surface area contributed by atoms with Gasteiger partial charge in [-0.3, -0.25) is 9.80 Å². The predicted molar refractivity (Wildman–Crippen MR) is 148 cm³/mol. The van der Waals surface area contributed by atoms with Crippen LogP contribution in [-0.4, -0.2) is 64.7 Å². The van der Waals surface area contributed by atoms with Crippen molar-refractivity contribution in [1.82, 2.24) is 19.8 Å². The molecule has 1 atom stereocenters. The largest absolute Gasteiger partial charge is 0.313 e. The van der Waals surface area contributed by atoms with Crippen molar-refractivity contribution in [2.75, 3.05) is 32.7 Å². The van der Waals surface area contributed by atoms with Crippen LogP contribution in [0.4, 0.5) is 5.82 Å². The summed E-state index contributed by atoms with van der Waals surface area (Å²) in [5, 5.41) is 16.3. The van der Waals surface area contributed by atoms with E-state index in [1.807, 2.05) is 12.1 Å². The normalized spacial score (nSPS) is 23.0. The van der Waals surface area contributed by atoms with Gasteiger partial charge in [0.2, 0.25) is 0 Å². The predicted octanol–water partition coefficient (Wildman–Crippen LogP) is 6.20. The summed E-state index contributed by atoms with van der Waals surface area (Å²) in [6.07, 6.45) is 8.49. The van der Waals surface area contributed by atoms with Gasteiger partial charge in [-0.05, 0) is 80.4 Å². The minimum atomic E-state index is -0.432. The van der Waals surface area contributed by atoms with Gasteiger partial charge in [0.25, 0.3) is 0 Å². The highest BCUT2D eigenvalue weighted by atomic mass is 35.5. The van der Waals surface area contributed by atoms with Gasteiger partial charge in [0, 0.05) is 59.3 Å². The molecule has 3 aliphatic rings.